The van der Waals surface area contributed by atoms with Gasteiger partial charge in [-0.25, -0.2) is 9.98 Å². The summed E-state index contributed by atoms with van der Waals surface area (Å²) in [4.78, 5) is 60.7. The minimum atomic E-state index is -0.377. The van der Waals surface area contributed by atoms with Gasteiger partial charge in [-0.15, -0.1) is 45.3 Å². The second kappa shape index (κ2) is 9.62. The first-order valence-electron chi connectivity index (χ1n) is 16.0. The van der Waals surface area contributed by atoms with Crippen LogP contribution in [0.15, 0.2) is 22.1 Å². The van der Waals surface area contributed by atoms with E-state index in [9.17, 15) is 19.2 Å². The SMILES string of the molecule is Cn1c2cc(N=C3C(=O)C(=O)C4CCCCC34)sc2c2sc3c(sc4c5sc(N=C6C(=O)C(=O)C7CCCCC67)cc5n(C)c43)c21. The standard InChI is InChI=1S/C34H28N4O4S4/c1-37-17-11-19(35-21-13-7-3-5-9-15(13)25(39)27(21)41)43-29(17)31-23(37)33-34(45-31)24-32(46-33)30-18(38(24)2)12-20(44-30)36-22-14-8-4-6-10-16(14)26(40)28(22)42/h11-16H,3-10H2,1-2H3. The quantitative estimate of drug-likeness (QED) is 0.171. The summed E-state index contributed by atoms with van der Waals surface area (Å²) in [5.41, 5.74) is 5.56. The van der Waals surface area contributed by atoms with Gasteiger partial charge in [-0.3, -0.25) is 19.2 Å². The predicted molar refractivity (Wildman–Crippen MR) is 189 cm³/mol. The number of carbonyl (C=O) groups excluding carboxylic acids is 4. The Bertz CT molecular complexity index is 2300. The minimum absolute atomic E-state index is 0.0252. The van der Waals surface area contributed by atoms with E-state index in [-0.39, 0.29) is 46.8 Å². The van der Waals surface area contributed by atoms with Crippen LogP contribution in [0.4, 0.5) is 10.0 Å². The van der Waals surface area contributed by atoms with Crippen molar-refractivity contribution in [2.75, 3.05) is 0 Å². The fraction of sp³-hybridized carbons (Fsp3) is 0.412. The molecule has 0 aliphatic heterocycles. The molecule has 4 unspecified atom stereocenters. The fourth-order valence-corrected chi connectivity index (χ4v) is 14.1. The maximum Gasteiger partial charge on any atom is 0.243 e. The summed E-state index contributed by atoms with van der Waals surface area (Å²) in [6.45, 7) is 0. The number of aryl methyl sites for hydroxylation is 2. The lowest BCUT2D eigenvalue weighted by atomic mass is 9.81. The molecule has 232 valence electrons. The summed E-state index contributed by atoms with van der Waals surface area (Å²) in [6.07, 6.45) is 7.45. The van der Waals surface area contributed by atoms with E-state index < -0.39 is 0 Å². The third-order valence-corrected chi connectivity index (χ3v) is 15.8. The Kier molecular flexibility index (Phi) is 5.81. The van der Waals surface area contributed by atoms with Crippen molar-refractivity contribution in [2.24, 2.45) is 47.8 Å². The first-order valence-corrected chi connectivity index (χ1v) is 19.3. The molecule has 10 rings (SSSR count). The number of thiophene rings is 4. The van der Waals surface area contributed by atoms with E-state index in [1.54, 1.807) is 45.3 Å². The topological polar surface area (TPSA) is 103 Å². The third-order valence-electron chi connectivity index (χ3n) is 11.0. The van der Waals surface area contributed by atoms with Gasteiger partial charge in [0.05, 0.1) is 61.7 Å². The number of aromatic nitrogens is 2. The van der Waals surface area contributed by atoms with Crippen molar-refractivity contribution in [2.45, 2.75) is 51.4 Å². The molecule has 0 amide bonds. The lowest BCUT2D eigenvalue weighted by Gasteiger charge is -2.22. The number of Topliss-reactive ketones (excluding diaryl/α,β-unsaturated/α-hetero) is 4. The number of hydrogen-bond acceptors (Lipinski definition) is 10. The Morgan fingerprint density at radius 3 is 1.33 bits per heavy atom. The molecule has 46 heavy (non-hydrogen) atoms. The number of rotatable bonds is 2. The van der Waals surface area contributed by atoms with E-state index in [4.69, 9.17) is 9.98 Å². The summed E-state index contributed by atoms with van der Waals surface area (Å²) in [7, 11) is 4.19. The van der Waals surface area contributed by atoms with Gasteiger partial charge < -0.3 is 9.13 Å². The van der Waals surface area contributed by atoms with Crippen LogP contribution in [0.2, 0.25) is 0 Å². The Hall–Kier alpha value is -3.32. The predicted octanol–water partition coefficient (Wildman–Crippen LogP) is 8.44. The zero-order valence-corrected chi connectivity index (χ0v) is 28.4. The summed E-state index contributed by atoms with van der Waals surface area (Å²) in [5, 5.41) is 1.59. The summed E-state index contributed by atoms with van der Waals surface area (Å²) in [5.74, 6) is -1.63. The van der Waals surface area contributed by atoms with Crippen molar-refractivity contribution in [3.63, 3.8) is 0 Å². The second-order valence-electron chi connectivity index (χ2n) is 13.3. The third kappa shape index (κ3) is 3.53. The normalized spacial score (nSPS) is 27.3. The maximum atomic E-state index is 12.9. The smallest absolute Gasteiger partial charge is 0.243 e. The highest BCUT2D eigenvalue weighted by atomic mass is 32.1. The summed E-state index contributed by atoms with van der Waals surface area (Å²) < 4.78 is 11.8. The van der Waals surface area contributed by atoms with E-state index in [0.717, 1.165) is 72.4 Å². The van der Waals surface area contributed by atoms with E-state index in [1.807, 2.05) is 0 Å². The van der Waals surface area contributed by atoms with Crippen LogP contribution in [0.5, 0.6) is 0 Å². The van der Waals surface area contributed by atoms with E-state index in [1.165, 1.54) is 39.2 Å². The zero-order chi connectivity index (χ0) is 31.2. The zero-order valence-electron chi connectivity index (χ0n) is 25.2. The van der Waals surface area contributed by atoms with Crippen LogP contribution in [0.25, 0.3) is 50.3 Å². The summed E-state index contributed by atoms with van der Waals surface area (Å²) in [6, 6.07) is 4.14. The number of aliphatic imine (C=N–C) groups is 2. The lowest BCUT2D eigenvalue weighted by Crippen LogP contribution is -2.21. The van der Waals surface area contributed by atoms with Crippen molar-refractivity contribution >= 4 is 140 Å². The minimum Gasteiger partial charge on any atom is -0.341 e. The van der Waals surface area contributed by atoms with Crippen molar-refractivity contribution < 1.29 is 19.2 Å². The van der Waals surface area contributed by atoms with Crippen molar-refractivity contribution in [1.29, 1.82) is 0 Å². The molecule has 8 nitrogen and oxygen atoms in total. The van der Waals surface area contributed by atoms with Gasteiger partial charge in [-0.1, -0.05) is 25.7 Å². The molecule has 4 fully saturated rings. The van der Waals surface area contributed by atoms with Crippen LogP contribution in [0, 0.1) is 23.7 Å². The number of fused-ring (bicyclic) bond motifs is 11. The van der Waals surface area contributed by atoms with Gasteiger partial charge in [-0.05, 0) is 37.8 Å². The second-order valence-corrected chi connectivity index (χ2v) is 17.4. The largest absolute Gasteiger partial charge is 0.341 e. The van der Waals surface area contributed by atoms with Crippen LogP contribution in [-0.2, 0) is 33.3 Å². The molecule has 0 saturated heterocycles. The molecule has 4 saturated carbocycles. The van der Waals surface area contributed by atoms with E-state index in [0.29, 0.717) is 11.4 Å². The Morgan fingerprint density at radius 1 is 0.543 bits per heavy atom. The monoisotopic (exact) mass is 684 g/mol. The van der Waals surface area contributed by atoms with Gasteiger partial charge in [0.2, 0.25) is 23.1 Å². The molecule has 0 aromatic carbocycles. The molecule has 0 bridgehead atoms. The number of carbonyl (C=O) groups is 4. The van der Waals surface area contributed by atoms with Crippen molar-refractivity contribution in [3.05, 3.63) is 12.1 Å². The molecule has 0 N–H and O–H groups in total. The first kappa shape index (κ1) is 27.8. The average Bonchev–Trinajstić information content (AvgIpc) is 3.92. The van der Waals surface area contributed by atoms with Crippen LogP contribution < -0.4 is 0 Å². The molecular formula is C34H28N4O4S4. The number of nitrogens with zero attached hydrogens (tertiary/aromatic N) is 4. The highest BCUT2D eigenvalue weighted by Gasteiger charge is 2.48. The van der Waals surface area contributed by atoms with Gasteiger partial charge in [0, 0.05) is 37.8 Å². The molecule has 6 heterocycles. The van der Waals surface area contributed by atoms with Gasteiger partial charge in [-0.2, -0.15) is 0 Å². The molecule has 6 aromatic heterocycles. The lowest BCUT2D eigenvalue weighted by molar-refractivity contribution is -0.134. The Balaban J connectivity index is 1.07. The highest BCUT2D eigenvalue weighted by molar-refractivity contribution is 7.40. The Labute approximate surface area is 278 Å². The number of hydrogen-bond donors (Lipinski definition) is 0. The van der Waals surface area contributed by atoms with Crippen molar-refractivity contribution in [3.8, 4) is 0 Å². The van der Waals surface area contributed by atoms with Gasteiger partial charge >= 0.3 is 0 Å². The van der Waals surface area contributed by atoms with Crippen LogP contribution >= 0.6 is 45.3 Å². The van der Waals surface area contributed by atoms with Crippen molar-refractivity contribution in [1.82, 2.24) is 9.13 Å². The van der Waals surface area contributed by atoms with Crippen LogP contribution in [0.1, 0.15) is 51.4 Å². The fourth-order valence-electron chi connectivity index (χ4n) is 8.72. The number of ketones is 4. The molecular weight excluding hydrogens is 657 g/mol. The Morgan fingerprint density at radius 2 is 0.913 bits per heavy atom. The maximum absolute atomic E-state index is 12.9. The molecule has 12 heteroatoms. The highest BCUT2D eigenvalue weighted by Crippen LogP contribution is 2.53. The van der Waals surface area contributed by atoms with Gasteiger partial charge in [0.15, 0.2) is 0 Å². The first-order chi connectivity index (χ1) is 22.3. The molecule has 4 aliphatic rings. The van der Waals surface area contributed by atoms with E-state index in [2.05, 4.69) is 35.4 Å². The molecule has 4 atom stereocenters. The van der Waals surface area contributed by atoms with Crippen LogP contribution in [-0.4, -0.2) is 43.7 Å². The van der Waals surface area contributed by atoms with Gasteiger partial charge in [0.1, 0.15) is 10.0 Å². The summed E-state index contributed by atoms with van der Waals surface area (Å²) >= 11 is 6.83. The average molecular weight is 685 g/mol. The molecule has 6 aromatic rings. The molecule has 0 spiro atoms. The van der Waals surface area contributed by atoms with Crippen LogP contribution in [0.3, 0.4) is 0 Å². The van der Waals surface area contributed by atoms with E-state index >= 15 is 0 Å². The van der Waals surface area contributed by atoms with Gasteiger partial charge in [0.25, 0.3) is 0 Å². The molecule has 0 radical (unpaired) electrons. The molecule has 4 aliphatic carbocycles.